The van der Waals surface area contributed by atoms with Crippen LogP contribution in [0.3, 0.4) is 0 Å². The highest BCUT2D eigenvalue weighted by Gasteiger charge is 2.21. The van der Waals surface area contributed by atoms with Gasteiger partial charge in [0, 0.05) is 5.56 Å². The highest BCUT2D eigenvalue weighted by Crippen LogP contribution is 2.22. The molecule has 0 unspecified atom stereocenters. The minimum Gasteiger partial charge on any atom is -0.481 e. The maximum atomic E-state index is 11.9. The first-order valence-electron chi connectivity index (χ1n) is 6.79. The average molecular weight is 303 g/mol. The third kappa shape index (κ3) is 4.37. The average Bonchev–Trinajstić information content (AvgIpc) is 2.91. The van der Waals surface area contributed by atoms with Gasteiger partial charge >= 0.3 is 12.1 Å². The van der Waals surface area contributed by atoms with Crippen molar-refractivity contribution in [3.8, 4) is 0 Å². The highest BCUT2D eigenvalue weighted by atomic mass is 16.5. The molecule has 1 aromatic heterocycles. The van der Waals surface area contributed by atoms with Crippen LogP contribution in [0.4, 0.5) is 4.79 Å². The molecular formula is C16H17NO5. The summed E-state index contributed by atoms with van der Waals surface area (Å²) in [5.74, 6) is -0.455. The molecule has 116 valence electrons. The zero-order valence-corrected chi connectivity index (χ0v) is 12.1. The SMILES string of the molecule is Cc1occc1[C@H](CC(=O)O)NC(=O)OCc1ccccc1. The first-order valence-corrected chi connectivity index (χ1v) is 6.79. The molecule has 1 amide bonds. The maximum absolute atomic E-state index is 11.9. The quantitative estimate of drug-likeness (QED) is 0.856. The van der Waals surface area contributed by atoms with Crippen molar-refractivity contribution in [2.75, 3.05) is 0 Å². The number of carboxylic acids is 1. The molecule has 2 rings (SSSR count). The number of benzene rings is 1. The second kappa shape index (κ2) is 7.31. The van der Waals surface area contributed by atoms with Gasteiger partial charge in [-0.1, -0.05) is 30.3 Å². The molecule has 0 saturated heterocycles. The molecule has 0 saturated carbocycles. The number of carbonyl (C=O) groups is 2. The van der Waals surface area contributed by atoms with Crippen LogP contribution in [-0.2, 0) is 16.1 Å². The van der Waals surface area contributed by atoms with Crippen molar-refractivity contribution < 1.29 is 23.8 Å². The van der Waals surface area contributed by atoms with Crippen molar-refractivity contribution in [3.05, 3.63) is 59.5 Å². The Balaban J connectivity index is 1.96. The number of nitrogens with one attached hydrogen (secondary N) is 1. The van der Waals surface area contributed by atoms with Gasteiger partial charge < -0.3 is 19.6 Å². The molecule has 0 aliphatic carbocycles. The molecule has 2 N–H and O–H groups in total. The minimum atomic E-state index is -1.02. The lowest BCUT2D eigenvalue weighted by Gasteiger charge is -2.16. The van der Waals surface area contributed by atoms with Crippen LogP contribution in [-0.4, -0.2) is 17.2 Å². The number of amides is 1. The molecule has 0 fully saturated rings. The van der Waals surface area contributed by atoms with Gasteiger partial charge in [0.25, 0.3) is 0 Å². The number of alkyl carbamates (subject to hydrolysis) is 1. The smallest absolute Gasteiger partial charge is 0.407 e. The lowest BCUT2D eigenvalue weighted by atomic mass is 10.1. The van der Waals surface area contributed by atoms with E-state index in [1.165, 1.54) is 6.26 Å². The first-order chi connectivity index (χ1) is 10.6. The van der Waals surface area contributed by atoms with Crippen LogP contribution in [0, 0.1) is 6.92 Å². The topological polar surface area (TPSA) is 88.8 Å². The Bertz CT molecular complexity index is 635. The van der Waals surface area contributed by atoms with Crippen LogP contribution < -0.4 is 5.32 Å². The Kier molecular flexibility index (Phi) is 5.19. The molecule has 0 bridgehead atoms. The number of ether oxygens (including phenoxy) is 1. The number of hydrogen-bond donors (Lipinski definition) is 2. The van der Waals surface area contributed by atoms with Gasteiger partial charge in [-0.2, -0.15) is 0 Å². The van der Waals surface area contributed by atoms with Crippen LogP contribution >= 0.6 is 0 Å². The standard InChI is InChI=1S/C16H17NO5/c1-11-13(7-8-21-11)14(9-15(18)19)17-16(20)22-10-12-5-3-2-4-6-12/h2-8,14H,9-10H2,1H3,(H,17,20)(H,18,19)/t14-/m0/s1. The number of rotatable bonds is 6. The van der Waals surface area contributed by atoms with E-state index in [-0.39, 0.29) is 13.0 Å². The number of hydrogen-bond acceptors (Lipinski definition) is 4. The molecule has 0 radical (unpaired) electrons. The first kappa shape index (κ1) is 15.6. The second-order valence-corrected chi connectivity index (χ2v) is 4.79. The molecule has 6 nitrogen and oxygen atoms in total. The second-order valence-electron chi connectivity index (χ2n) is 4.79. The van der Waals surface area contributed by atoms with Crippen molar-refractivity contribution in [1.29, 1.82) is 0 Å². The number of furan rings is 1. The predicted molar refractivity (Wildman–Crippen MR) is 78.2 cm³/mol. The Morgan fingerprint density at radius 2 is 2.00 bits per heavy atom. The number of aliphatic carboxylic acids is 1. The summed E-state index contributed by atoms with van der Waals surface area (Å²) < 4.78 is 10.3. The molecule has 1 heterocycles. The summed E-state index contributed by atoms with van der Waals surface area (Å²) in [6.45, 7) is 1.83. The third-order valence-corrected chi connectivity index (χ3v) is 3.16. The van der Waals surface area contributed by atoms with Crippen LogP contribution in [0.15, 0.2) is 47.1 Å². The van der Waals surface area contributed by atoms with E-state index < -0.39 is 18.1 Å². The van der Waals surface area contributed by atoms with Gasteiger partial charge in [-0.25, -0.2) is 4.79 Å². The van der Waals surface area contributed by atoms with Crippen molar-refractivity contribution >= 4 is 12.1 Å². The summed E-state index contributed by atoms with van der Waals surface area (Å²) >= 11 is 0. The van der Waals surface area contributed by atoms with Gasteiger partial charge in [-0.15, -0.1) is 0 Å². The molecule has 0 aliphatic heterocycles. The van der Waals surface area contributed by atoms with Crippen molar-refractivity contribution in [3.63, 3.8) is 0 Å². The van der Waals surface area contributed by atoms with E-state index in [1.54, 1.807) is 13.0 Å². The normalized spacial score (nSPS) is 11.7. The molecule has 2 aromatic rings. The van der Waals surface area contributed by atoms with Gasteiger partial charge in [0.15, 0.2) is 0 Å². The van der Waals surface area contributed by atoms with Gasteiger partial charge in [-0.3, -0.25) is 4.79 Å². The Morgan fingerprint density at radius 1 is 1.27 bits per heavy atom. The van der Waals surface area contributed by atoms with Crippen molar-refractivity contribution in [2.24, 2.45) is 0 Å². The van der Waals surface area contributed by atoms with E-state index in [9.17, 15) is 9.59 Å². The Hall–Kier alpha value is -2.76. The summed E-state index contributed by atoms with van der Waals surface area (Å²) in [6.07, 6.45) is 0.535. The van der Waals surface area contributed by atoms with E-state index in [2.05, 4.69) is 5.32 Å². The molecule has 22 heavy (non-hydrogen) atoms. The molecule has 1 atom stereocenters. The van der Waals surface area contributed by atoms with Gasteiger partial charge in [0.1, 0.15) is 12.4 Å². The molecule has 0 spiro atoms. The van der Waals surface area contributed by atoms with E-state index in [4.69, 9.17) is 14.3 Å². The van der Waals surface area contributed by atoms with Crippen molar-refractivity contribution in [2.45, 2.75) is 26.0 Å². The fourth-order valence-electron chi connectivity index (χ4n) is 2.08. The lowest BCUT2D eigenvalue weighted by Crippen LogP contribution is -2.30. The predicted octanol–water partition coefficient (Wildman–Crippen LogP) is 3.03. The molecule has 1 aromatic carbocycles. The van der Waals surface area contributed by atoms with Crippen LogP contribution in [0.2, 0.25) is 0 Å². The number of carbonyl (C=O) groups excluding carboxylic acids is 1. The van der Waals surface area contributed by atoms with E-state index in [0.717, 1.165) is 5.56 Å². The molecular weight excluding hydrogens is 286 g/mol. The zero-order valence-electron chi connectivity index (χ0n) is 12.1. The minimum absolute atomic E-state index is 0.122. The fourth-order valence-corrected chi connectivity index (χ4v) is 2.08. The summed E-state index contributed by atoms with van der Waals surface area (Å²) in [6, 6.07) is 10.2. The van der Waals surface area contributed by atoms with Crippen molar-refractivity contribution in [1.82, 2.24) is 5.32 Å². The summed E-state index contributed by atoms with van der Waals surface area (Å²) in [7, 11) is 0. The number of aryl methyl sites for hydroxylation is 1. The summed E-state index contributed by atoms with van der Waals surface area (Å²) in [5, 5.41) is 11.5. The maximum Gasteiger partial charge on any atom is 0.407 e. The van der Waals surface area contributed by atoms with E-state index in [0.29, 0.717) is 11.3 Å². The summed E-state index contributed by atoms with van der Waals surface area (Å²) in [4.78, 5) is 22.8. The van der Waals surface area contributed by atoms with Crippen LogP contribution in [0.5, 0.6) is 0 Å². The fraction of sp³-hybridized carbons (Fsp3) is 0.250. The third-order valence-electron chi connectivity index (χ3n) is 3.16. The van der Waals surface area contributed by atoms with Gasteiger partial charge in [-0.05, 0) is 18.6 Å². The van der Waals surface area contributed by atoms with Crippen LogP contribution in [0.1, 0.15) is 29.3 Å². The van der Waals surface area contributed by atoms with E-state index >= 15 is 0 Å². The summed E-state index contributed by atoms with van der Waals surface area (Å²) in [5.41, 5.74) is 1.48. The highest BCUT2D eigenvalue weighted by molar-refractivity contribution is 5.72. The molecule has 6 heteroatoms. The Morgan fingerprint density at radius 3 is 2.59 bits per heavy atom. The molecule has 0 aliphatic rings. The zero-order chi connectivity index (χ0) is 15.9. The largest absolute Gasteiger partial charge is 0.481 e. The Labute approximate surface area is 127 Å². The van der Waals surface area contributed by atoms with Gasteiger partial charge in [0.2, 0.25) is 0 Å². The van der Waals surface area contributed by atoms with Crippen LogP contribution in [0.25, 0.3) is 0 Å². The monoisotopic (exact) mass is 303 g/mol. The van der Waals surface area contributed by atoms with Gasteiger partial charge in [0.05, 0.1) is 18.7 Å². The van der Waals surface area contributed by atoms with E-state index in [1.807, 2.05) is 30.3 Å². The lowest BCUT2D eigenvalue weighted by molar-refractivity contribution is -0.137. The number of carboxylic acid groups (broad SMARTS) is 1.